The van der Waals surface area contributed by atoms with Gasteiger partial charge in [-0.1, -0.05) is 50.6 Å². The number of aliphatic carboxylic acids is 1. The Labute approximate surface area is 170 Å². The van der Waals surface area contributed by atoms with E-state index in [1.165, 1.54) is 6.92 Å². The first-order valence-corrected chi connectivity index (χ1v) is 9.55. The van der Waals surface area contributed by atoms with Gasteiger partial charge in [-0.25, -0.2) is 0 Å². The van der Waals surface area contributed by atoms with Crippen molar-refractivity contribution in [3.63, 3.8) is 0 Å². The molecule has 0 bridgehead atoms. The SMILES string of the molecule is CCC(C)C(N)C(=O)NC(Cc1ccccc1)C(=O)NCC(=O)NC(C)C(=O)O. The summed E-state index contributed by atoms with van der Waals surface area (Å²) in [5.74, 6) is -2.89. The Balaban J connectivity index is 2.79. The fourth-order valence-corrected chi connectivity index (χ4v) is 2.48. The van der Waals surface area contributed by atoms with Gasteiger partial charge in [-0.3, -0.25) is 19.2 Å². The van der Waals surface area contributed by atoms with E-state index >= 15 is 0 Å². The molecule has 0 spiro atoms. The molecule has 0 saturated heterocycles. The maximum absolute atomic E-state index is 12.6. The summed E-state index contributed by atoms with van der Waals surface area (Å²) in [5.41, 5.74) is 6.78. The highest BCUT2D eigenvalue weighted by molar-refractivity contribution is 5.92. The van der Waals surface area contributed by atoms with Crippen LogP contribution in [0.5, 0.6) is 0 Å². The molecule has 0 fully saturated rings. The molecule has 0 heterocycles. The fraction of sp³-hybridized carbons (Fsp3) is 0.500. The summed E-state index contributed by atoms with van der Waals surface area (Å²) >= 11 is 0. The summed E-state index contributed by atoms with van der Waals surface area (Å²) in [4.78, 5) is 47.6. The molecule has 0 aliphatic carbocycles. The topological polar surface area (TPSA) is 151 Å². The van der Waals surface area contributed by atoms with Crippen LogP contribution in [0.1, 0.15) is 32.8 Å². The lowest BCUT2D eigenvalue weighted by atomic mass is 9.98. The van der Waals surface area contributed by atoms with Crippen LogP contribution in [0.25, 0.3) is 0 Å². The molecule has 1 aromatic carbocycles. The second-order valence-corrected chi connectivity index (χ2v) is 7.01. The Morgan fingerprint density at radius 2 is 1.66 bits per heavy atom. The number of hydrogen-bond donors (Lipinski definition) is 5. The quantitative estimate of drug-likeness (QED) is 0.343. The highest BCUT2D eigenvalue weighted by atomic mass is 16.4. The van der Waals surface area contributed by atoms with Crippen LogP contribution in [-0.4, -0.2) is 53.5 Å². The number of benzene rings is 1. The van der Waals surface area contributed by atoms with Gasteiger partial charge in [0.25, 0.3) is 0 Å². The number of rotatable bonds is 11. The second kappa shape index (κ2) is 11.8. The molecule has 6 N–H and O–H groups in total. The fourth-order valence-electron chi connectivity index (χ4n) is 2.48. The van der Waals surface area contributed by atoms with E-state index < -0.39 is 48.4 Å². The highest BCUT2D eigenvalue weighted by Crippen LogP contribution is 2.08. The summed E-state index contributed by atoms with van der Waals surface area (Å²) in [6, 6.07) is 6.35. The van der Waals surface area contributed by atoms with Crippen molar-refractivity contribution in [1.82, 2.24) is 16.0 Å². The number of hydrogen-bond acceptors (Lipinski definition) is 5. The molecule has 1 aromatic rings. The number of nitrogens with one attached hydrogen (secondary N) is 3. The van der Waals surface area contributed by atoms with Gasteiger partial charge in [0.05, 0.1) is 12.6 Å². The summed E-state index contributed by atoms with van der Waals surface area (Å²) in [6.45, 7) is 4.68. The standard InChI is InChI=1S/C20H30N4O5/c1-4-12(2)17(21)19(27)24-15(10-14-8-6-5-7-9-14)18(26)22-11-16(25)23-13(3)20(28)29/h5-9,12-13,15,17H,4,10-11,21H2,1-3H3,(H,22,26)(H,23,25)(H,24,27)(H,28,29). The number of carbonyl (C=O) groups excluding carboxylic acids is 3. The predicted molar refractivity (Wildman–Crippen MR) is 108 cm³/mol. The summed E-state index contributed by atoms with van der Waals surface area (Å²) in [6.07, 6.45) is 0.935. The zero-order valence-electron chi connectivity index (χ0n) is 17.0. The van der Waals surface area contributed by atoms with Crippen LogP contribution in [0.15, 0.2) is 30.3 Å². The summed E-state index contributed by atoms with van der Waals surface area (Å²) < 4.78 is 0. The van der Waals surface area contributed by atoms with Crippen molar-refractivity contribution in [3.8, 4) is 0 Å². The van der Waals surface area contributed by atoms with Crippen molar-refractivity contribution >= 4 is 23.7 Å². The Kier molecular flexibility index (Phi) is 9.81. The molecule has 3 amide bonds. The minimum Gasteiger partial charge on any atom is -0.480 e. The number of carbonyl (C=O) groups is 4. The normalized spacial score (nSPS) is 14.8. The molecule has 160 valence electrons. The lowest BCUT2D eigenvalue weighted by Gasteiger charge is -2.23. The summed E-state index contributed by atoms with van der Waals surface area (Å²) in [7, 11) is 0. The van der Waals surface area contributed by atoms with E-state index in [0.717, 1.165) is 5.56 Å². The Bertz CT molecular complexity index is 710. The molecule has 0 aliphatic heterocycles. The molecule has 9 nitrogen and oxygen atoms in total. The highest BCUT2D eigenvalue weighted by Gasteiger charge is 2.26. The number of carboxylic acid groups (broad SMARTS) is 1. The Morgan fingerprint density at radius 1 is 1.03 bits per heavy atom. The van der Waals surface area contributed by atoms with Crippen LogP contribution in [0.3, 0.4) is 0 Å². The Morgan fingerprint density at radius 3 is 2.21 bits per heavy atom. The van der Waals surface area contributed by atoms with Crippen molar-refractivity contribution in [2.45, 2.75) is 51.7 Å². The van der Waals surface area contributed by atoms with Crippen LogP contribution in [-0.2, 0) is 25.6 Å². The van der Waals surface area contributed by atoms with Gasteiger partial charge >= 0.3 is 5.97 Å². The molecular weight excluding hydrogens is 376 g/mol. The van der Waals surface area contributed by atoms with E-state index in [1.807, 2.05) is 44.2 Å². The number of nitrogens with two attached hydrogens (primary N) is 1. The van der Waals surface area contributed by atoms with Gasteiger partial charge in [-0.15, -0.1) is 0 Å². The van der Waals surface area contributed by atoms with E-state index in [4.69, 9.17) is 10.8 Å². The van der Waals surface area contributed by atoms with Gasteiger partial charge in [-0.2, -0.15) is 0 Å². The first-order valence-electron chi connectivity index (χ1n) is 9.55. The molecule has 0 radical (unpaired) electrons. The predicted octanol–water partition coefficient (Wildman–Crippen LogP) is -0.207. The lowest BCUT2D eigenvalue weighted by molar-refractivity contribution is -0.141. The first-order chi connectivity index (χ1) is 13.6. The average molecular weight is 406 g/mol. The van der Waals surface area contributed by atoms with Gasteiger partial charge < -0.3 is 26.8 Å². The Hall–Kier alpha value is -2.94. The zero-order chi connectivity index (χ0) is 22.0. The number of carboxylic acids is 1. The molecule has 1 rings (SSSR count). The van der Waals surface area contributed by atoms with E-state index in [-0.39, 0.29) is 12.3 Å². The molecule has 29 heavy (non-hydrogen) atoms. The molecule has 9 heteroatoms. The maximum Gasteiger partial charge on any atom is 0.325 e. The second-order valence-electron chi connectivity index (χ2n) is 7.01. The van der Waals surface area contributed by atoms with Crippen LogP contribution in [0.4, 0.5) is 0 Å². The van der Waals surface area contributed by atoms with Gasteiger partial charge in [0.2, 0.25) is 17.7 Å². The first kappa shape index (κ1) is 24.1. The monoisotopic (exact) mass is 406 g/mol. The van der Waals surface area contributed by atoms with Crippen molar-refractivity contribution in [1.29, 1.82) is 0 Å². The van der Waals surface area contributed by atoms with Gasteiger partial charge in [-0.05, 0) is 18.4 Å². The molecular formula is C20H30N4O5. The largest absolute Gasteiger partial charge is 0.480 e. The third-order valence-electron chi connectivity index (χ3n) is 4.65. The lowest BCUT2D eigenvalue weighted by Crippen LogP contribution is -2.55. The third-order valence-corrected chi connectivity index (χ3v) is 4.65. The number of amides is 3. The molecule has 0 aromatic heterocycles. The van der Waals surface area contributed by atoms with E-state index in [9.17, 15) is 19.2 Å². The average Bonchev–Trinajstić information content (AvgIpc) is 2.70. The van der Waals surface area contributed by atoms with Crippen LogP contribution in [0, 0.1) is 5.92 Å². The molecule has 4 unspecified atom stereocenters. The molecule has 0 saturated carbocycles. The smallest absolute Gasteiger partial charge is 0.325 e. The molecule has 4 atom stereocenters. The third kappa shape index (κ3) is 8.30. The van der Waals surface area contributed by atoms with Crippen molar-refractivity contribution < 1.29 is 24.3 Å². The van der Waals surface area contributed by atoms with Gasteiger partial charge in [0, 0.05) is 6.42 Å². The van der Waals surface area contributed by atoms with E-state index in [2.05, 4.69) is 16.0 Å². The van der Waals surface area contributed by atoms with Crippen LogP contribution >= 0.6 is 0 Å². The van der Waals surface area contributed by atoms with Crippen molar-refractivity contribution in [2.75, 3.05) is 6.54 Å². The minimum atomic E-state index is -1.18. The van der Waals surface area contributed by atoms with Crippen LogP contribution < -0.4 is 21.7 Å². The summed E-state index contributed by atoms with van der Waals surface area (Å²) in [5, 5.41) is 16.2. The maximum atomic E-state index is 12.6. The van der Waals surface area contributed by atoms with E-state index in [1.54, 1.807) is 0 Å². The zero-order valence-corrected chi connectivity index (χ0v) is 17.0. The molecule has 0 aliphatic rings. The van der Waals surface area contributed by atoms with Crippen molar-refractivity contribution in [3.05, 3.63) is 35.9 Å². The van der Waals surface area contributed by atoms with Gasteiger partial charge in [0.1, 0.15) is 12.1 Å². The van der Waals surface area contributed by atoms with E-state index in [0.29, 0.717) is 6.42 Å². The van der Waals surface area contributed by atoms with Crippen molar-refractivity contribution in [2.24, 2.45) is 11.7 Å². The van der Waals surface area contributed by atoms with Crippen LogP contribution in [0.2, 0.25) is 0 Å². The van der Waals surface area contributed by atoms with Gasteiger partial charge in [0.15, 0.2) is 0 Å². The minimum absolute atomic E-state index is 0.0567.